The number of fused-ring (bicyclic) bond motifs is 5. The van der Waals surface area contributed by atoms with E-state index in [1.54, 1.807) is 12.1 Å². The molecule has 0 N–H and O–H groups in total. The summed E-state index contributed by atoms with van der Waals surface area (Å²) in [5.41, 5.74) is 0.147. The molecule has 2 amide bonds. The first kappa shape index (κ1) is 13.8. The molecule has 2 bridgehead atoms. The first-order valence-corrected chi connectivity index (χ1v) is 7.41. The third-order valence-corrected chi connectivity index (χ3v) is 4.89. The van der Waals surface area contributed by atoms with E-state index in [0.717, 1.165) is 11.4 Å². The molecule has 1 aromatic rings. The van der Waals surface area contributed by atoms with Crippen LogP contribution < -0.4 is 0 Å². The van der Waals surface area contributed by atoms with Crippen LogP contribution in [0.5, 0.6) is 0 Å². The fourth-order valence-electron chi connectivity index (χ4n) is 3.88. The van der Waals surface area contributed by atoms with Gasteiger partial charge in [0.2, 0.25) is 0 Å². The number of amides is 2. The zero-order chi connectivity index (χ0) is 16.1. The highest BCUT2D eigenvalue weighted by molar-refractivity contribution is 6.07. The van der Waals surface area contributed by atoms with Gasteiger partial charge in [-0.05, 0) is 24.3 Å². The molecule has 2 fully saturated rings. The van der Waals surface area contributed by atoms with Gasteiger partial charge in [-0.1, -0.05) is 24.3 Å². The predicted molar refractivity (Wildman–Crippen MR) is 80.3 cm³/mol. The highest BCUT2D eigenvalue weighted by Gasteiger charge is 2.59. The third-order valence-electron chi connectivity index (χ3n) is 4.89. The minimum absolute atomic E-state index is 0.114. The fraction of sp³-hybridized carbons (Fsp3) is 0.312. The van der Waals surface area contributed by atoms with Crippen molar-refractivity contribution in [3.8, 4) is 0 Å². The SMILES string of the molecule is O=C1[C@H]2[C@H](C(=O)N1/N=C\c1ccccc1[N+](=O)[O-])[C@H]1C=C[C@H]2C1. The average Bonchev–Trinajstić information content (AvgIpc) is 3.21. The molecule has 4 rings (SSSR count). The Kier molecular flexibility index (Phi) is 2.90. The van der Waals surface area contributed by atoms with Crippen LogP contribution in [0.4, 0.5) is 5.69 Å². The average molecular weight is 311 g/mol. The maximum atomic E-state index is 12.5. The number of para-hydroxylation sites is 1. The Morgan fingerprint density at radius 3 is 2.35 bits per heavy atom. The lowest BCUT2D eigenvalue weighted by Crippen LogP contribution is -2.28. The maximum Gasteiger partial charge on any atom is 0.278 e. The van der Waals surface area contributed by atoms with Gasteiger partial charge in [-0.15, -0.1) is 0 Å². The molecule has 1 aliphatic heterocycles. The summed E-state index contributed by atoms with van der Waals surface area (Å²) < 4.78 is 0. The molecule has 1 saturated heterocycles. The second-order valence-electron chi connectivity index (χ2n) is 6.05. The van der Waals surface area contributed by atoms with E-state index < -0.39 is 4.92 Å². The van der Waals surface area contributed by atoms with Crippen LogP contribution in [0.25, 0.3) is 0 Å². The Morgan fingerprint density at radius 2 is 1.74 bits per heavy atom. The minimum atomic E-state index is -0.520. The molecule has 1 saturated carbocycles. The number of rotatable bonds is 3. The topological polar surface area (TPSA) is 92.9 Å². The van der Waals surface area contributed by atoms with Gasteiger partial charge in [0.05, 0.1) is 28.5 Å². The summed E-state index contributed by atoms with van der Waals surface area (Å²) in [6.07, 6.45) is 6.08. The lowest BCUT2D eigenvalue weighted by atomic mass is 9.85. The van der Waals surface area contributed by atoms with Crippen molar-refractivity contribution in [2.45, 2.75) is 6.42 Å². The summed E-state index contributed by atoms with van der Waals surface area (Å²) in [5.74, 6) is -1.00. The number of nitro benzene ring substituents is 1. The van der Waals surface area contributed by atoms with Crippen LogP contribution in [-0.4, -0.2) is 28.0 Å². The van der Waals surface area contributed by atoms with Crippen molar-refractivity contribution < 1.29 is 14.5 Å². The Balaban J connectivity index is 1.62. The number of nitro groups is 1. The van der Waals surface area contributed by atoms with Gasteiger partial charge in [-0.2, -0.15) is 10.1 Å². The van der Waals surface area contributed by atoms with Gasteiger partial charge >= 0.3 is 0 Å². The van der Waals surface area contributed by atoms with Gasteiger partial charge in [0.15, 0.2) is 0 Å². The summed E-state index contributed by atoms with van der Waals surface area (Å²) >= 11 is 0. The highest BCUT2D eigenvalue weighted by Crippen LogP contribution is 2.52. The maximum absolute atomic E-state index is 12.5. The third kappa shape index (κ3) is 1.93. The normalized spacial score (nSPS) is 31.4. The molecule has 0 spiro atoms. The van der Waals surface area contributed by atoms with E-state index in [9.17, 15) is 19.7 Å². The molecule has 2 aliphatic carbocycles. The number of hydrogen-bond donors (Lipinski definition) is 0. The smallest absolute Gasteiger partial charge is 0.272 e. The molecule has 7 nitrogen and oxygen atoms in total. The van der Waals surface area contributed by atoms with Crippen molar-refractivity contribution in [3.05, 3.63) is 52.1 Å². The fourth-order valence-corrected chi connectivity index (χ4v) is 3.88. The Hall–Kier alpha value is -2.83. The van der Waals surface area contributed by atoms with Crippen LogP contribution in [0.3, 0.4) is 0 Å². The number of hydrazone groups is 1. The van der Waals surface area contributed by atoms with Crippen LogP contribution in [-0.2, 0) is 9.59 Å². The van der Waals surface area contributed by atoms with E-state index in [4.69, 9.17) is 0 Å². The van der Waals surface area contributed by atoms with Crippen molar-refractivity contribution in [2.24, 2.45) is 28.8 Å². The monoisotopic (exact) mass is 311 g/mol. The van der Waals surface area contributed by atoms with Crippen molar-refractivity contribution >= 4 is 23.7 Å². The molecule has 0 unspecified atom stereocenters. The first-order chi connectivity index (χ1) is 11.1. The van der Waals surface area contributed by atoms with Gasteiger partial charge in [-0.25, -0.2) is 0 Å². The van der Waals surface area contributed by atoms with Crippen molar-refractivity contribution in [2.75, 3.05) is 0 Å². The van der Waals surface area contributed by atoms with E-state index in [-0.39, 0.29) is 46.7 Å². The summed E-state index contributed by atoms with van der Waals surface area (Å²) in [6, 6.07) is 6.07. The van der Waals surface area contributed by atoms with E-state index in [2.05, 4.69) is 5.10 Å². The molecular weight excluding hydrogens is 298 g/mol. The largest absolute Gasteiger partial charge is 0.278 e. The van der Waals surface area contributed by atoms with Crippen LogP contribution in [0.1, 0.15) is 12.0 Å². The Morgan fingerprint density at radius 1 is 1.13 bits per heavy atom. The quantitative estimate of drug-likeness (QED) is 0.279. The molecule has 7 heteroatoms. The zero-order valence-corrected chi connectivity index (χ0v) is 12.0. The van der Waals surface area contributed by atoms with Crippen molar-refractivity contribution in [1.82, 2.24) is 5.01 Å². The second kappa shape index (κ2) is 4.84. The number of nitrogens with zero attached hydrogens (tertiary/aromatic N) is 3. The molecule has 1 aromatic carbocycles. The summed E-state index contributed by atoms with van der Waals surface area (Å²) in [7, 11) is 0. The molecule has 23 heavy (non-hydrogen) atoms. The first-order valence-electron chi connectivity index (χ1n) is 7.41. The number of carbonyl (C=O) groups excluding carboxylic acids is 2. The van der Waals surface area contributed by atoms with Gasteiger partial charge in [0.1, 0.15) is 0 Å². The van der Waals surface area contributed by atoms with Crippen LogP contribution in [0.2, 0.25) is 0 Å². The lowest BCUT2D eigenvalue weighted by molar-refractivity contribution is -0.385. The van der Waals surface area contributed by atoms with E-state index >= 15 is 0 Å². The summed E-state index contributed by atoms with van der Waals surface area (Å²) in [4.78, 5) is 35.4. The van der Waals surface area contributed by atoms with Crippen molar-refractivity contribution in [3.63, 3.8) is 0 Å². The molecule has 4 atom stereocenters. The highest BCUT2D eigenvalue weighted by atomic mass is 16.6. The van der Waals surface area contributed by atoms with Crippen molar-refractivity contribution in [1.29, 1.82) is 0 Å². The van der Waals surface area contributed by atoms with Gasteiger partial charge < -0.3 is 0 Å². The molecule has 3 aliphatic rings. The lowest BCUT2D eigenvalue weighted by Gasteiger charge is -2.13. The van der Waals surface area contributed by atoms with E-state index in [1.165, 1.54) is 18.3 Å². The summed E-state index contributed by atoms with van der Waals surface area (Å²) in [6.45, 7) is 0. The van der Waals surface area contributed by atoms with E-state index in [1.807, 2.05) is 12.2 Å². The van der Waals surface area contributed by atoms with Crippen LogP contribution in [0.15, 0.2) is 41.5 Å². The van der Waals surface area contributed by atoms with E-state index in [0.29, 0.717) is 0 Å². The predicted octanol–water partition coefficient (Wildman–Crippen LogP) is 1.74. The van der Waals surface area contributed by atoms with Gasteiger partial charge in [0.25, 0.3) is 17.5 Å². The standard InChI is InChI=1S/C16H13N3O4/c20-15-13-9-5-6-10(7-9)14(13)16(21)18(15)17-8-11-3-1-2-4-12(11)19(22)23/h1-6,8-10,13-14H,7H2/b17-8-/t9-,10-,13+,14+/m0/s1. The number of carbonyl (C=O) groups is 2. The van der Waals surface area contributed by atoms with Gasteiger partial charge in [0, 0.05) is 6.07 Å². The Labute approximate surface area is 131 Å². The molecule has 116 valence electrons. The molecular formula is C16H13N3O4. The summed E-state index contributed by atoms with van der Waals surface area (Å²) in [5, 5.41) is 15.8. The minimum Gasteiger partial charge on any atom is -0.272 e. The Bertz CT molecular complexity index is 755. The molecule has 0 radical (unpaired) electrons. The number of allylic oxidation sites excluding steroid dienone is 2. The molecule has 1 heterocycles. The zero-order valence-electron chi connectivity index (χ0n) is 12.0. The molecule has 0 aromatic heterocycles. The number of imide groups is 1. The van der Waals surface area contributed by atoms with Crippen LogP contribution in [0, 0.1) is 33.8 Å². The number of benzene rings is 1. The second-order valence-corrected chi connectivity index (χ2v) is 6.05. The van der Waals surface area contributed by atoms with Gasteiger partial charge in [-0.3, -0.25) is 19.7 Å². The number of hydrogen-bond acceptors (Lipinski definition) is 5. The van der Waals surface area contributed by atoms with Crippen LogP contribution >= 0.6 is 0 Å².